The first-order valence-corrected chi connectivity index (χ1v) is 7.38. The number of aliphatic carboxylic acids is 1. The molecule has 104 valence electrons. The molecular weight excluding hydrogens is 262 g/mol. The summed E-state index contributed by atoms with van der Waals surface area (Å²) in [7, 11) is 0. The van der Waals surface area contributed by atoms with E-state index in [9.17, 15) is 9.59 Å². The molecule has 5 heteroatoms. The molecule has 0 spiro atoms. The summed E-state index contributed by atoms with van der Waals surface area (Å²) in [6, 6.07) is 0.230. The average Bonchev–Trinajstić information content (AvgIpc) is 3.14. The van der Waals surface area contributed by atoms with Crippen LogP contribution < -0.4 is 0 Å². The van der Waals surface area contributed by atoms with Gasteiger partial charge in [0.05, 0.1) is 11.5 Å². The lowest BCUT2D eigenvalue weighted by atomic mass is 10.1. The molecule has 1 heterocycles. The van der Waals surface area contributed by atoms with E-state index in [4.69, 9.17) is 5.11 Å². The maximum absolute atomic E-state index is 12.6. The summed E-state index contributed by atoms with van der Waals surface area (Å²) in [4.78, 5) is 26.4. The quantitative estimate of drug-likeness (QED) is 0.902. The molecular formula is C14H19NO3S. The van der Waals surface area contributed by atoms with E-state index in [0.717, 1.165) is 28.8 Å². The fourth-order valence-corrected chi connectivity index (χ4v) is 2.90. The van der Waals surface area contributed by atoms with Gasteiger partial charge in [-0.3, -0.25) is 9.59 Å². The standard InChI is InChI=1S/C14H19NO3S/c1-8(14(17)18)6-15(11-4-5-11)13(16)12-7-19-10(3)9(12)2/h7-8,11H,4-6H2,1-3H3,(H,17,18). The predicted molar refractivity (Wildman–Crippen MR) is 74.7 cm³/mol. The molecule has 0 saturated heterocycles. The van der Waals surface area contributed by atoms with Gasteiger partial charge < -0.3 is 10.0 Å². The van der Waals surface area contributed by atoms with E-state index in [-0.39, 0.29) is 11.9 Å². The minimum absolute atomic E-state index is 0.0162. The molecule has 1 aliphatic rings. The number of hydrogen-bond acceptors (Lipinski definition) is 3. The lowest BCUT2D eigenvalue weighted by Gasteiger charge is -2.24. The van der Waals surface area contributed by atoms with Crippen molar-refractivity contribution in [2.75, 3.05) is 6.54 Å². The Bertz CT molecular complexity index is 505. The zero-order valence-electron chi connectivity index (χ0n) is 11.5. The number of rotatable bonds is 5. The Labute approximate surface area is 117 Å². The molecule has 0 radical (unpaired) electrons. The van der Waals surface area contributed by atoms with Gasteiger partial charge in [0.25, 0.3) is 5.91 Å². The maximum atomic E-state index is 12.6. The molecule has 1 atom stereocenters. The van der Waals surface area contributed by atoms with Gasteiger partial charge in [0.1, 0.15) is 0 Å². The van der Waals surface area contributed by atoms with Crippen LogP contribution >= 0.6 is 11.3 Å². The van der Waals surface area contributed by atoms with Crippen molar-refractivity contribution in [1.82, 2.24) is 4.90 Å². The van der Waals surface area contributed by atoms with Crippen molar-refractivity contribution in [2.45, 2.75) is 39.7 Å². The molecule has 1 amide bonds. The maximum Gasteiger partial charge on any atom is 0.308 e. The van der Waals surface area contributed by atoms with Crippen molar-refractivity contribution >= 4 is 23.2 Å². The first kappa shape index (κ1) is 14.1. The van der Waals surface area contributed by atoms with Gasteiger partial charge in [-0.05, 0) is 32.3 Å². The highest BCUT2D eigenvalue weighted by molar-refractivity contribution is 7.10. The van der Waals surface area contributed by atoms with E-state index < -0.39 is 11.9 Å². The number of carbonyl (C=O) groups is 2. The van der Waals surface area contributed by atoms with E-state index in [1.54, 1.807) is 23.2 Å². The van der Waals surface area contributed by atoms with Gasteiger partial charge in [-0.1, -0.05) is 6.92 Å². The zero-order valence-corrected chi connectivity index (χ0v) is 12.3. The summed E-state index contributed by atoms with van der Waals surface area (Å²) < 4.78 is 0. The third kappa shape index (κ3) is 2.97. The number of carbonyl (C=O) groups excluding carboxylic acids is 1. The predicted octanol–water partition coefficient (Wildman–Crippen LogP) is 2.69. The van der Waals surface area contributed by atoms with Crippen LogP contribution in [0.25, 0.3) is 0 Å². The summed E-state index contributed by atoms with van der Waals surface area (Å²) in [5.41, 5.74) is 1.75. The Kier molecular flexibility index (Phi) is 3.94. The molecule has 0 aliphatic heterocycles. The first-order chi connectivity index (χ1) is 8.91. The van der Waals surface area contributed by atoms with Gasteiger partial charge in [0.15, 0.2) is 0 Å². The second kappa shape index (κ2) is 5.33. The van der Waals surface area contributed by atoms with Gasteiger partial charge in [-0.15, -0.1) is 11.3 Å². The molecule has 1 aromatic heterocycles. The SMILES string of the molecule is Cc1scc(C(=O)N(CC(C)C(=O)O)C2CC2)c1C. The molecule has 1 aromatic rings. The average molecular weight is 281 g/mol. The number of aryl methyl sites for hydroxylation is 1. The van der Waals surface area contributed by atoms with Crippen molar-refractivity contribution in [1.29, 1.82) is 0 Å². The highest BCUT2D eigenvalue weighted by atomic mass is 32.1. The Morgan fingerprint density at radius 3 is 2.53 bits per heavy atom. The molecule has 1 aliphatic carbocycles. The van der Waals surface area contributed by atoms with E-state index in [2.05, 4.69) is 0 Å². The summed E-state index contributed by atoms with van der Waals surface area (Å²) in [5.74, 6) is -1.39. The van der Waals surface area contributed by atoms with Gasteiger partial charge in [0, 0.05) is 22.8 Å². The number of carboxylic acids is 1. The van der Waals surface area contributed by atoms with Crippen LogP contribution in [0.15, 0.2) is 5.38 Å². The lowest BCUT2D eigenvalue weighted by molar-refractivity contribution is -0.141. The van der Waals surface area contributed by atoms with E-state index in [1.165, 1.54) is 0 Å². The number of amides is 1. The van der Waals surface area contributed by atoms with Crippen LogP contribution in [0.4, 0.5) is 0 Å². The number of hydrogen-bond donors (Lipinski definition) is 1. The van der Waals surface area contributed by atoms with Crippen LogP contribution in [0.1, 0.15) is 40.6 Å². The van der Waals surface area contributed by atoms with Crippen LogP contribution in [0.2, 0.25) is 0 Å². The monoisotopic (exact) mass is 281 g/mol. The van der Waals surface area contributed by atoms with E-state index in [0.29, 0.717) is 6.54 Å². The van der Waals surface area contributed by atoms with E-state index in [1.807, 2.05) is 19.2 Å². The molecule has 4 nitrogen and oxygen atoms in total. The summed E-state index contributed by atoms with van der Waals surface area (Å²) in [6.07, 6.45) is 1.97. The topological polar surface area (TPSA) is 57.6 Å². The lowest BCUT2D eigenvalue weighted by Crippen LogP contribution is -2.38. The Morgan fingerprint density at radius 2 is 2.11 bits per heavy atom. The Balaban J connectivity index is 2.17. The van der Waals surface area contributed by atoms with Gasteiger partial charge in [-0.2, -0.15) is 0 Å². The largest absolute Gasteiger partial charge is 0.481 e. The molecule has 19 heavy (non-hydrogen) atoms. The second-order valence-corrected chi connectivity index (χ2v) is 6.34. The molecule has 1 fully saturated rings. The van der Waals surface area contributed by atoms with Crippen molar-refractivity contribution in [2.24, 2.45) is 5.92 Å². The van der Waals surface area contributed by atoms with Crippen molar-refractivity contribution in [3.8, 4) is 0 Å². The minimum Gasteiger partial charge on any atom is -0.481 e. The third-order valence-corrected chi connectivity index (χ3v) is 4.67. The Morgan fingerprint density at radius 1 is 1.47 bits per heavy atom. The van der Waals surface area contributed by atoms with E-state index >= 15 is 0 Å². The molecule has 0 bridgehead atoms. The number of carboxylic acid groups (broad SMARTS) is 1. The van der Waals surface area contributed by atoms with Crippen LogP contribution in [-0.4, -0.2) is 34.5 Å². The molecule has 2 rings (SSSR count). The van der Waals surface area contributed by atoms with Gasteiger partial charge >= 0.3 is 5.97 Å². The van der Waals surface area contributed by atoms with Crippen molar-refractivity contribution in [3.63, 3.8) is 0 Å². The second-order valence-electron chi connectivity index (χ2n) is 5.26. The van der Waals surface area contributed by atoms with Gasteiger partial charge in [0.2, 0.25) is 0 Å². The highest BCUT2D eigenvalue weighted by Crippen LogP contribution is 2.31. The molecule has 1 saturated carbocycles. The smallest absolute Gasteiger partial charge is 0.308 e. The Hall–Kier alpha value is -1.36. The fraction of sp³-hybridized carbons (Fsp3) is 0.571. The molecule has 0 aromatic carbocycles. The van der Waals surface area contributed by atoms with Gasteiger partial charge in [-0.25, -0.2) is 0 Å². The summed E-state index contributed by atoms with van der Waals surface area (Å²) in [6.45, 7) is 5.90. The summed E-state index contributed by atoms with van der Waals surface area (Å²) >= 11 is 1.57. The first-order valence-electron chi connectivity index (χ1n) is 6.50. The third-order valence-electron chi connectivity index (χ3n) is 3.66. The number of nitrogens with zero attached hydrogens (tertiary/aromatic N) is 1. The molecule has 1 N–H and O–H groups in total. The van der Waals surface area contributed by atoms with Crippen LogP contribution in [0, 0.1) is 19.8 Å². The molecule has 1 unspecified atom stereocenters. The van der Waals surface area contributed by atoms with Crippen molar-refractivity contribution in [3.05, 3.63) is 21.4 Å². The minimum atomic E-state index is -0.850. The normalized spacial score (nSPS) is 16.2. The van der Waals surface area contributed by atoms with Crippen molar-refractivity contribution < 1.29 is 14.7 Å². The number of thiophene rings is 1. The summed E-state index contributed by atoms with van der Waals surface area (Å²) in [5, 5.41) is 10.9. The highest BCUT2D eigenvalue weighted by Gasteiger charge is 2.35. The fourth-order valence-electron chi connectivity index (χ4n) is 2.04. The van der Waals surface area contributed by atoms with Crippen LogP contribution in [-0.2, 0) is 4.79 Å². The zero-order chi connectivity index (χ0) is 14.2. The van der Waals surface area contributed by atoms with Crippen LogP contribution in [0.3, 0.4) is 0 Å². The van der Waals surface area contributed by atoms with Crippen LogP contribution in [0.5, 0.6) is 0 Å².